The number of halogens is 1. The number of anilines is 2. The Bertz CT molecular complexity index is 699. The molecule has 104 valence electrons. The second-order valence-electron chi connectivity index (χ2n) is 3.98. The van der Waals surface area contributed by atoms with Crippen LogP contribution in [0, 0.1) is 12.7 Å². The molecule has 0 saturated heterocycles. The van der Waals surface area contributed by atoms with Gasteiger partial charge in [0.1, 0.15) is 10.7 Å². The van der Waals surface area contributed by atoms with Crippen LogP contribution in [0.3, 0.4) is 0 Å². The third-order valence-electron chi connectivity index (χ3n) is 2.51. The van der Waals surface area contributed by atoms with E-state index < -0.39 is 17.6 Å². The molecule has 2 rings (SSSR count). The smallest absolute Gasteiger partial charge is 0.267 e. The number of nitrogens with zero attached hydrogens (tertiary/aromatic N) is 1. The molecule has 1 aromatic heterocycles. The SMILES string of the molecule is Cc1nc(N)sc1C(=O)Nc1ccc(F)c(C(N)=O)c1. The number of nitrogen functional groups attached to an aromatic ring is 1. The maximum atomic E-state index is 13.3. The van der Waals surface area contributed by atoms with Crippen LogP contribution in [0.2, 0.25) is 0 Å². The quantitative estimate of drug-likeness (QED) is 0.796. The van der Waals surface area contributed by atoms with Crippen LogP contribution in [-0.2, 0) is 0 Å². The van der Waals surface area contributed by atoms with Crippen molar-refractivity contribution in [3.05, 3.63) is 40.2 Å². The molecule has 0 fully saturated rings. The van der Waals surface area contributed by atoms with E-state index in [1.165, 1.54) is 12.1 Å². The summed E-state index contributed by atoms with van der Waals surface area (Å²) < 4.78 is 13.3. The number of carbonyl (C=O) groups is 2. The Morgan fingerprint density at radius 2 is 2.10 bits per heavy atom. The topological polar surface area (TPSA) is 111 Å². The lowest BCUT2D eigenvalue weighted by atomic mass is 10.1. The van der Waals surface area contributed by atoms with E-state index in [0.29, 0.717) is 10.6 Å². The Hall–Kier alpha value is -2.48. The van der Waals surface area contributed by atoms with Gasteiger partial charge in [0.2, 0.25) is 0 Å². The van der Waals surface area contributed by atoms with Gasteiger partial charge in [0.05, 0.1) is 11.3 Å². The molecule has 2 amide bonds. The Kier molecular flexibility index (Phi) is 3.66. The van der Waals surface area contributed by atoms with Gasteiger partial charge in [-0.3, -0.25) is 9.59 Å². The fourth-order valence-corrected chi connectivity index (χ4v) is 2.34. The zero-order valence-electron chi connectivity index (χ0n) is 10.4. The van der Waals surface area contributed by atoms with Crippen molar-refractivity contribution in [2.45, 2.75) is 6.92 Å². The average molecular weight is 294 g/mol. The van der Waals surface area contributed by atoms with E-state index in [0.717, 1.165) is 17.4 Å². The number of hydrogen-bond donors (Lipinski definition) is 3. The molecule has 0 unspecified atom stereocenters. The van der Waals surface area contributed by atoms with Crippen LogP contribution in [0.5, 0.6) is 0 Å². The minimum absolute atomic E-state index is 0.261. The van der Waals surface area contributed by atoms with Crippen LogP contribution < -0.4 is 16.8 Å². The summed E-state index contributed by atoms with van der Waals surface area (Å²) in [4.78, 5) is 27.3. The number of aryl methyl sites for hydroxylation is 1. The molecule has 6 nitrogen and oxygen atoms in total. The van der Waals surface area contributed by atoms with Crippen molar-refractivity contribution in [2.24, 2.45) is 5.73 Å². The first kappa shape index (κ1) is 13.9. The van der Waals surface area contributed by atoms with Gasteiger partial charge in [-0.2, -0.15) is 0 Å². The highest BCUT2D eigenvalue weighted by atomic mass is 32.1. The molecule has 0 atom stereocenters. The average Bonchev–Trinajstić information content (AvgIpc) is 2.70. The van der Waals surface area contributed by atoms with Crippen molar-refractivity contribution in [1.29, 1.82) is 0 Å². The predicted octanol–water partition coefficient (Wildman–Crippen LogP) is 1.52. The molecule has 0 aliphatic rings. The fraction of sp³-hybridized carbons (Fsp3) is 0.0833. The molecule has 2 aromatic rings. The summed E-state index contributed by atoms with van der Waals surface area (Å²) in [6.07, 6.45) is 0. The van der Waals surface area contributed by atoms with Crippen molar-refractivity contribution < 1.29 is 14.0 Å². The van der Waals surface area contributed by atoms with Crippen LogP contribution in [-0.4, -0.2) is 16.8 Å². The summed E-state index contributed by atoms with van der Waals surface area (Å²) in [6.45, 7) is 1.65. The zero-order chi connectivity index (χ0) is 14.9. The van der Waals surface area contributed by atoms with Gasteiger partial charge in [-0.25, -0.2) is 9.37 Å². The third kappa shape index (κ3) is 2.75. The van der Waals surface area contributed by atoms with Crippen LogP contribution in [0.25, 0.3) is 0 Å². The monoisotopic (exact) mass is 294 g/mol. The number of primary amides is 1. The molecule has 20 heavy (non-hydrogen) atoms. The molecule has 1 aromatic carbocycles. The normalized spacial score (nSPS) is 10.3. The highest BCUT2D eigenvalue weighted by Gasteiger charge is 2.16. The molecule has 1 heterocycles. The number of aromatic nitrogens is 1. The van der Waals surface area contributed by atoms with Gasteiger partial charge < -0.3 is 16.8 Å². The minimum Gasteiger partial charge on any atom is -0.375 e. The highest BCUT2D eigenvalue weighted by molar-refractivity contribution is 7.17. The van der Waals surface area contributed by atoms with Crippen molar-refractivity contribution >= 4 is 34.0 Å². The molecule has 0 saturated carbocycles. The van der Waals surface area contributed by atoms with Crippen LogP contribution in [0.1, 0.15) is 25.7 Å². The van der Waals surface area contributed by atoms with Gasteiger partial charge >= 0.3 is 0 Å². The van der Waals surface area contributed by atoms with Gasteiger partial charge in [-0.15, -0.1) is 0 Å². The van der Waals surface area contributed by atoms with E-state index in [1.807, 2.05) is 0 Å². The number of amides is 2. The van der Waals surface area contributed by atoms with E-state index in [1.54, 1.807) is 6.92 Å². The maximum absolute atomic E-state index is 13.3. The lowest BCUT2D eigenvalue weighted by molar-refractivity contribution is 0.0993. The number of thiazole rings is 1. The van der Waals surface area contributed by atoms with Gasteiger partial charge in [0, 0.05) is 5.69 Å². The van der Waals surface area contributed by atoms with Crippen LogP contribution in [0.15, 0.2) is 18.2 Å². The predicted molar refractivity (Wildman–Crippen MR) is 74.1 cm³/mol. The number of nitrogens with one attached hydrogen (secondary N) is 1. The Balaban J connectivity index is 2.26. The van der Waals surface area contributed by atoms with Crippen molar-refractivity contribution in [3.63, 3.8) is 0 Å². The van der Waals surface area contributed by atoms with E-state index in [4.69, 9.17) is 11.5 Å². The van der Waals surface area contributed by atoms with E-state index >= 15 is 0 Å². The van der Waals surface area contributed by atoms with E-state index in [-0.39, 0.29) is 16.4 Å². The molecule has 5 N–H and O–H groups in total. The Labute approximate surface area is 117 Å². The second kappa shape index (κ2) is 5.25. The maximum Gasteiger partial charge on any atom is 0.267 e. The standard InChI is InChI=1S/C12H11FN4O2S/c1-5-9(20-12(15)16-5)11(19)17-6-2-3-8(13)7(4-6)10(14)18/h2-4H,1H3,(H2,14,18)(H2,15,16)(H,17,19). The number of rotatable bonds is 3. The lowest BCUT2D eigenvalue weighted by Gasteiger charge is -2.06. The molecule has 0 aliphatic carbocycles. The van der Waals surface area contributed by atoms with Gasteiger partial charge in [-0.05, 0) is 25.1 Å². The van der Waals surface area contributed by atoms with E-state index in [9.17, 15) is 14.0 Å². The number of nitrogens with two attached hydrogens (primary N) is 2. The lowest BCUT2D eigenvalue weighted by Crippen LogP contribution is -2.15. The Morgan fingerprint density at radius 3 is 2.65 bits per heavy atom. The van der Waals surface area contributed by atoms with Gasteiger partial charge in [-0.1, -0.05) is 11.3 Å². The first-order chi connectivity index (χ1) is 9.38. The molecule has 0 bridgehead atoms. The molecular formula is C12H11FN4O2S. The largest absolute Gasteiger partial charge is 0.375 e. The molecule has 0 radical (unpaired) electrons. The van der Waals surface area contributed by atoms with Crippen molar-refractivity contribution in [2.75, 3.05) is 11.1 Å². The first-order valence-electron chi connectivity index (χ1n) is 5.52. The summed E-state index contributed by atoms with van der Waals surface area (Å²) in [7, 11) is 0. The van der Waals surface area contributed by atoms with E-state index in [2.05, 4.69) is 10.3 Å². The van der Waals surface area contributed by atoms with Crippen molar-refractivity contribution in [3.8, 4) is 0 Å². The minimum atomic E-state index is -0.906. The third-order valence-corrected chi connectivity index (χ3v) is 3.49. The summed E-state index contributed by atoms with van der Waals surface area (Å²) in [5.74, 6) is -2.08. The molecule has 8 heteroatoms. The number of carbonyl (C=O) groups excluding carboxylic acids is 2. The summed E-state index contributed by atoms with van der Waals surface area (Å²) in [5.41, 5.74) is 11.0. The fourth-order valence-electron chi connectivity index (χ4n) is 1.61. The van der Waals surface area contributed by atoms with Crippen LogP contribution >= 0.6 is 11.3 Å². The summed E-state index contributed by atoms with van der Waals surface area (Å²) in [6, 6.07) is 3.57. The zero-order valence-corrected chi connectivity index (χ0v) is 11.3. The van der Waals surface area contributed by atoms with Crippen LogP contribution in [0.4, 0.5) is 15.2 Å². The Morgan fingerprint density at radius 1 is 1.40 bits per heavy atom. The van der Waals surface area contributed by atoms with Gasteiger partial charge in [0.25, 0.3) is 11.8 Å². The van der Waals surface area contributed by atoms with Crippen molar-refractivity contribution in [1.82, 2.24) is 4.98 Å². The van der Waals surface area contributed by atoms with Gasteiger partial charge in [0.15, 0.2) is 5.13 Å². The summed E-state index contributed by atoms with van der Waals surface area (Å²) >= 11 is 1.04. The first-order valence-corrected chi connectivity index (χ1v) is 6.33. The highest BCUT2D eigenvalue weighted by Crippen LogP contribution is 2.22. The molecule has 0 spiro atoms. The second-order valence-corrected chi connectivity index (χ2v) is 5.01. The molecular weight excluding hydrogens is 283 g/mol. The number of benzene rings is 1. The number of hydrogen-bond acceptors (Lipinski definition) is 5. The molecule has 0 aliphatic heterocycles. The summed E-state index contributed by atoms with van der Waals surface area (Å²) in [5, 5.41) is 2.82.